The molecule has 1 aromatic rings. The Morgan fingerprint density at radius 1 is 1.45 bits per heavy atom. The highest BCUT2D eigenvalue weighted by molar-refractivity contribution is 5.87. The van der Waals surface area contributed by atoms with Crippen LogP contribution in [0.1, 0.15) is 19.4 Å². The van der Waals surface area contributed by atoms with Crippen LogP contribution in [0.2, 0.25) is 0 Å². The molecule has 0 aliphatic rings. The minimum Gasteiger partial charge on any atom is -0.493 e. The van der Waals surface area contributed by atoms with Gasteiger partial charge in [-0.3, -0.25) is 0 Å². The number of methoxy groups -OCH3 is 1. The molecule has 0 unspecified atom stereocenters. The van der Waals surface area contributed by atoms with Gasteiger partial charge in [0.15, 0.2) is 17.6 Å². The maximum atomic E-state index is 11.4. The van der Waals surface area contributed by atoms with E-state index in [-0.39, 0.29) is 0 Å². The molecule has 0 bridgehead atoms. The molecule has 0 radical (unpaired) electrons. The first-order valence-electron chi connectivity index (χ1n) is 6.19. The molecule has 1 rings (SSSR count). The fourth-order valence-electron chi connectivity index (χ4n) is 1.47. The normalized spacial score (nSPS) is 11.7. The van der Waals surface area contributed by atoms with Crippen LogP contribution in [0.25, 0.3) is 6.08 Å². The first-order valence-corrected chi connectivity index (χ1v) is 6.19. The summed E-state index contributed by atoms with van der Waals surface area (Å²) >= 11 is 0. The number of ether oxygens (including phenoxy) is 3. The summed E-state index contributed by atoms with van der Waals surface area (Å²) < 4.78 is 15.4. The van der Waals surface area contributed by atoms with E-state index in [1.807, 2.05) is 13.0 Å². The van der Waals surface area contributed by atoms with Gasteiger partial charge in [0.25, 0.3) is 0 Å². The zero-order valence-corrected chi connectivity index (χ0v) is 11.8. The summed E-state index contributed by atoms with van der Waals surface area (Å²) in [7, 11) is 1.55. The van der Waals surface area contributed by atoms with Crippen molar-refractivity contribution in [2.24, 2.45) is 0 Å². The topological polar surface area (TPSA) is 68.5 Å². The monoisotopic (exact) mass is 275 g/mol. The second-order valence-electron chi connectivity index (χ2n) is 3.88. The van der Waals surface area contributed by atoms with E-state index in [2.05, 4.69) is 0 Å². The average molecular weight is 275 g/mol. The minimum atomic E-state index is -0.762. The number of benzene rings is 1. The van der Waals surface area contributed by atoms with E-state index in [1.165, 1.54) is 13.0 Å². The van der Waals surface area contributed by atoms with Crippen LogP contribution in [0.15, 0.2) is 24.3 Å². The zero-order valence-electron chi connectivity index (χ0n) is 11.8. The van der Waals surface area contributed by atoms with Crippen molar-refractivity contribution in [2.45, 2.75) is 20.0 Å². The number of nitrogens with zero attached hydrogens (tertiary/aromatic N) is 1. The zero-order chi connectivity index (χ0) is 15.0. The van der Waals surface area contributed by atoms with Crippen LogP contribution in [0.3, 0.4) is 0 Å². The molecule has 0 amide bonds. The molecule has 0 aliphatic carbocycles. The van der Waals surface area contributed by atoms with E-state index in [4.69, 9.17) is 19.5 Å². The fourth-order valence-corrected chi connectivity index (χ4v) is 1.47. The number of hydrogen-bond acceptors (Lipinski definition) is 5. The van der Waals surface area contributed by atoms with Gasteiger partial charge in [0, 0.05) is 6.08 Å². The molecule has 0 N–H and O–H groups in total. The Kier molecular flexibility index (Phi) is 6.11. The Balaban J connectivity index is 2.78. The quantitative estimate of drug-likeness (QED) is 0.589. The SMILES string of the molecule is CCOc1ccc(/C=C/C(=O)O[C@@H](C)C#N)cc1OC. The first-order chi connectivity index (χ1) is 9.60. The third kappa shape index (κ3) is 4.65. The van der Waals surface area contributed by atoms with Crippen molar-refractivity contribution in [1.29, 1.82) is 5.26 Å². The van der Waals surface area contributed by atoms with Crippen LogP contribution >= 0.6 is 0 Å². The highest BCUT2D eigenvalue weighted by atomic mass is 16.5. The first kappa shape index (κ1) is 15.6. The van der Waals surface area contributed by atoms with Crippen LogP contribution in [0.4, 0.5) is 0 Å². The second-order valence-corrected chi connectivity index (χ2v) is 3.88. The molecular formula is C15H17NO4. The molecule has 0 saturated carbocycles. The van der Waals surface area contributed by atoms with Crippen molar-refractivity contribution in [3.05, 3.63) is 29.8 Å². The van der Waals surface area contributed by atoms with Crippen molar-refractivity contribution in [1.82, 2.24) is 0 Å². The van der Waals surface area contributed by atoms with E-state index in [0.717, 1.165) is 5.56 Å². The van der Waals surface area contributed by atoms with Gasteiger partial charge in [0.2, 0.25) is 0 Å². The van der Waals surface area contributed by atoms with Crippen LogP contribution < -0.4 is 9.47 Å². The Labute approximate surface area is 118 Å². The smallest absolute Gasteiger partial charge is 0.332 e. The van der Waals surface area contributed by atoms with Crippen LogP contribution in [-0.4, -0.2) is 25.8 Å². The molecular weight excluding hydrogens is 258 g/mol. The van der Waals surface area contributed by atoms with Gasteiger partial charge in [-0.05, 0) is 37.6 Å². The van der Waals surface area contributed by atoms with Crippen LogP contribution in [-0.2, 0) is 9.53 Å². The lowest BCUT2D eigenvalue weighted by atomic mass is 10.2. The van der Waals surface area contributed by atoms with Gasteiger partial charge in [-0.25, -0.2) is 4.79 Å². The molecule has 0 saturated heterocycles. The van der Waals surface area contributed by atoms with Gasteiger partial charge in [-0.1, -0.05) is 6.07 Å². The molecule has 5 nitrogen and oxygen atoms in total. The highest BCUT2D eigenvalue weighted by Gasteiger charge is 2.06. The van der Waals surface area contributed by atoms with Crippen molar-refractivity contribution < 1.29 is 19.0 Å². The largest absolute Gasteiger partial charge is 0.493 e. The summed E-state index contributed by atoms with van der Waals surface area (Å²) in [5.74, 6) is 0.674. The maximum absolute atomic E-state index is 11.4. The summed E-state index contributed by atoms with van der Waals surface area (Å²) in [5.41, 5.74) is 0.770. The van der Waals surface area contributed by atoms with Crippen LogP contribution in [0, 0.1) is 11.3 Å². The molecule has 0 spiro atoms. The number of carbonyl (C=O) groups is 1. The lowest BCUT2D eigenvalue weighted by Gasteiger charge is -2.09. The number of nitriles is 1. The number of rotatable bonds is 6. The van der Waals surface area contributed by atoms with Gasteiger partial charge in [0.05, 0.1) is 13.7 Å². The van der Waals surface area contributed by atoms with Crippen molar-refractivity contribution in [3.8, 4) is 17.6 Å². The van der Waals surface area contributed by atoms with E-state index in [1.54, 1.807) is 31.4 Å². The second kappa shape index (κ2) is 7.85. The summed E-state index contributed by atoms with van der Waals surface area (Å²) in [6.45, 7) is 3.94. The van der Waals surface area contributed by atoms with Crippen molar-refractivity contribution in [3.63, 3.8) is 0 Å². The van der Waals surface area contributed by atoms with E-state index in [0.29, 0.717) is 18.1 Å². The van der Waals surface area contributed by atoms with Crippen molar-refractivity contribution >= 4 is 12.0 Å². The summed E-state index contributed by atoms with van der Waals surface area (Å²) in [6, 6.07) is 7.14. The van der Waals surface area contributed by atoms with Gasteiger partial charge < -0.3 is 14.2 Å². The lowest BCUT2D eigenvalue weighted by Crippen LogP contribution is -2.10. The van der Waals surface area contributed by atoms with Gasteiger partial charge in [-0.2, -0.15) is 5.26 Å². The Morgan fingerprint density at radius 3 is 2.80 bits per heavy atom. The van der Waals surface area contributed by atoms with Crippen molar-refractivity contribution in [2.75, 3.05) is 13.7 Å². The molecule has 0 aliphatic heterocycles. The molecule has 1 aromatic carbocycles. The molecule has 1 atom stereocenters. The predicted octanol–water partition coefficient (Wildman–Crippen LogP) is 2.56. The number of carbonyl (C=O) groups excluding carboxylic acids is 1. The summed E-state index contributed by atoms with van der Waals surface area (Å²) in [5, 5.41) is 8.54. The Bertz CT molecular complexity index is 531. The number of hydrogen-bond donors (Lipinski definition) is 0. The van der Waals surface area contributed by atoms with Crippen LogP contribution in [0.5, 0.6) is 11.5 Å². The predicted molar refractivity (Wildman–Crippen MR) is 74.4 cm³/mol. The summed E-state index contributed by atoms with van der Waals surface area (Å²) in [6.07, 6.45) is 2.09. The Hall–Kier alpha value is -2.48. The molecule has 106 valence electrons. The van der Waals surface area contributed by atoms with Gasteiger partial charge >= 0.3 is 5.97 Å². The molecule has 0 fully saturated rings. The van der Waals surface area contributed by atoms with E-state index < -0.39 is 12.1 Å². The third-order valence-corrected chi connectivity index (χ3v) is 2.37. The standard InChI is InChI=1S/C15H17NO4/c1-4-19-13-7-5-12(9-14(13)18-3)6-8-15(17)20-11(2)10-16/h5-9,11H,4H2,1-3H3/b8-6+/t11-/m0/s1. The average Bonchev–Trinajstić information content (AvgIpc) is 2.46. The lowest BCUT2D eigenvalue weighted by molar-refractivity contribution is -0.139. The minimum absolute atomic E-state index is 0.546. The van der Waals surface area contributed by atoms with Gasteiger partial charge in [0.1, 0.15) is 6.07 Å². The Morgan fingerprint density at radius 2 is 2.20 bits per heavy atom. The maximum Gasteiger partial charge on any atom is 0.332 e. The molecule has 5 heteroatoms. The fraction of sp³-hybridized carbons (Fsp3) is 0.333. The third-order valence-electron chi connectivity index (χ3n) is 2.37. The van der Waals surface area contributed by atoms with E-state index >= 15 is 0 Å². The molecule has 20 heavy (non-hydrogen) atoms. The number of esters is 1. The summed E-state index contributed by atoms with van der Waals surface area (Å²) in [4.78, 5) is 11.4. The highest BCUT2D eigenvalue weighted by Crippen LogP contribution is 2.28. The molecule has 0 aromatic heterocycles. The van der Waals surface area contributed by atoms with E-state index in [9.17, 15) is 4.79 Å². The van der Waals surface area contributed by atoms with Gasteiger partial charge in [-0.15, -0.1) is 0 Å². The molecule has 0 heterocycles.